The summed E-state index contributed by atoms with van der Waals surface area (Å²) in [4.78, 5) is 38.2. The molecule has 0 fully saturated rings. The van der Waals surface area contributed by atoms with Crippen LogP contribution in [0.25, 0.3) is 0 Å². The number of ketones is 3. The topological polar surface area (TPSA) is 77.3 Å². The highest BCUT2D eigenvalue weighted by Crippen LogP contribution is 2.31. The molecule has 2 aliphatic rings. The van der Waals surface area contributed by atoms with Gasteiger partial charge in [0.1, 0.15) is 5.56 Å². The van der Waals surface area contributed by atoms with Crippen LogP contribution in [0.4, 0.5) is 5.69 Å². The monoisotopic (exact) mass is 353 g/mol. The Morgan fingerprint density at radius 3 is 1.81 bits per heavy atom. The first kappa shape index (κ1) is 15.4. The average molecular weight is 353 g/mol. The number of fused-ring (bicyclic) bond motifs is 3. The van der Waals surface area contributed by atoms with E-state index >= 15 is 0 Å². The maximum absolute atomic E-state index is 12.9. The van der Waals surface area contributed by atoms with Crippen molar-refractivity contribution < 1.29 is 19.1 Å². The summed E-state index contributed by atoms with van der Waals surface area (Å²) in [6, 6.07) is 17.7. The fourth-order valence-electron chi connectivity index (χ4n) is 3.68. The second kappa shape index (κ2) is 5.32. The van der Waals surface area contributed by atoms with Gasteiger partial charge in [0.15, 0.2) is 11.6 Å². The predicted molar refractivity (Wildman–Crippen MR) is 97.9 cm³/mol. The summed E-state index contributed by atoms with van der Waals surface area (Å²) in [6.45, 7) is 0. The first-order valence-corrected chi connectivity index (χ1v) is 8.38. The molecule has 1 aliphatic heterocycles. The minimum absolute atomic E-state index is 0.0434. The molecular formula is C22H11NO4. The lowest BCUT2D eigenvalue weighted by Gasteiger charge is -2.17. The van der Waals surface area contributed by atoms with Crippen molar-refractivity contribution in [3.05, 3.63) is 105 Å². The van der Waals surface area contributed by atoms with Crippen LogP contribution in [0.3, 0.4) is 0 Å². The van der Waals surface area contributed by atoms with Crippen LogP contribution in [0.1, 0.15) is 47.8 Å². The Bertz CT molecular complexity index is 1240. The molecule has 3 aromatic carbocycles. The molecule has 0 amide bonds. The molecule has 1 aliphatic carbocycles. The van der Waals surface area contributed by atoms with E-state index in [1.165, 1.54) is 12.1 Å². The van der Waals surface area contributed by atoms with E-state index in [9.17, 15) is 19.6 Å². The zero-order valence-electron chi connectivity index (χ0n) is 13.9. The molecule has 0 bridgehead atoms. The number of benzene rings is 3. The SMILES string of the molecule is O=C1c2ccccc2C(=O)c2cc(C3=[N+]([O-])c4ccccc4C3=O)ccc21. The fraction of sp³-hybridized carbons (Fsp3) is 0. The Balaban J connectivity index is 1.69. The molecule has 0 saturated heterocycles. The van der Waals surface area contributed by atoms with Crippen LogP contribution in [0, 0.1) is 5.21 Å². The minimum Gasteiger partial charge on any atom is -0.618 e. The number of nitrogens with zero attached hydrogens (tertiary/aromatic N) is 1. The Morgan fingerprint density at radius 1 is 0.593 bits per heavy atom. The van der Waals surface area contributed by atoms with Crippen LogP contribution >= 0.6 is 0 Å². The molecule has 3 aromatic rings. The van der Waals surface area contributed by atoms with E-state index in [1.54, 1.807) is 54.6 Å². The van der Waals surface area contributed by atoms with Gasteiger partial charge in [-0.15, -0.1) is 0 Å². The molecule has 27 heavy (non-hydrogen) atoms. The zero-order chi connectivity index (χ0) is 18.7. The highest BCUT2D eigenvalue weighted by molar-refractivity contribution is 6.52. The zero-order valence-corrected chi connectivity index (χ0v) is 13.9. The van der Waals surface area contributed by atoms with Crippen molar-refractivity contribution in [2.45, 2.75) is 0 Å². The van der Waals surface area contributed by atoms with Crippen LogP contribution in [0.5, 0.6) is 0 Å². The van der Waals surface area contributed by atoms with Gasteiger partial charge in [-0.25, -0.2) is 0 Å². The van der Waals surface area contributed by atoms with Crippen molar-refractivity contribution in [2.75, 3.05) is 0 Å². The Labute approximate surface area is 153 Å². The summed E-state index contributed by atoms with van der Waals surface area (Å²) < 4.78 is 0.586. The Morgan fingerprint density at radius 2 is 1.15 bits per heavy atom. The fourth-order valence-corrected chi connectivity index (χ4v) is 3.68. The minimum atomic E-state index is -0.393. The van der Waals surface area contributed by atoms with Gasteiger partial charge < -0.3 is 5.21 Å². The highest BCUT2D eigenvalue weighted by Gasteiger charge is 2.38. The second-order valence-electron chi connectivity index (χ2n) is 6.45. The van der Waals surface area contributed by atoms with Crippen LogP contribution in [-0.4, -0.2) is 27.8 Å². The van der Waals surface area contributed by atoms with E-state index in [-0.39, 0.29) is 34.1 Å². The smallest absolute Gasteiger partial charge is 0.272 e. The molecule has 0 radical (unpaired) electrons. The molecule has 0 aromatic heterocycles. The molecule has 0 saturated carbocycles. The third kappa shape index (κ3) is 1.99. The number of carbonyl (C=O) groups excluding carboxylic acids is 3. The van der Waals surface area contributed by atoms with Crippen molar-refractivity contribution in [1.29, 1.82) is 0 Å². The molecule has 0 atom stereocenters. The van der Waals surface area contributed by atoms with Crippen LogP contribution < -0.4 is 0 Å². The van der Waals surface area contributed by atoms with Crippen molar-refractivity contribution in [3.63, 3.8) is 0 Å². The lowest BCUT2D eigenvalue weighted by molar-refractivity contribution is -0.355. The molecule has 1 heterocycles. The number of carbonyl (C=O) groups is 3. The van der Waals surface area contributed by atoms with Crippen molar-refractivity contribution in [1.82, 2.24) is 0 Å². The van der Waals surface area contributed by atoms with Gasteiger partial charge in [-0.1, -0.05) is 36.4 Å². The molecule has 5 heteroatoms. The van der Waals surface area contributed by atoms with E-state index in [0.717, 1.165) is 0 Å². The third-order valence-electron chi connectivity index (χ3n) is 4.98. The maximum atomic E-state index is 12.9. The molecule has 0 spiro atoms. The average Bonchev–Trinajstić information content (AvgIpc) is 2.96. The van der Waals surface area contributed by atoms with Gasteiger partial charge >= 0.3 is 0 Å². The van der Waals surface area contributed by atoms with Gasteiger partial charge in [-0.2, -0.15) is 4.74 Å². The van der Waals surface area contributed by atoms with Gasteiger partial charge in [0.05, 0.1) is 5.56 Å². The number of para-hydroxylation sites is 1. The maximum Gasteiger partial charge on any atom is 0.272 e. The lowest BCUT2D eigenvalue weighted by Crippen LogP contribution is -2.23. The van der Waals surface area contributed by atoms with Crippen LogP contribution in [0.2, 0.25) is 0 Å². The quantitative estimate of drug-likeness (QED) is 0.389. The van der Waals surface area contributed by atoms with E-state index in [1.807, 2.05) is 0 Å². The number of Topliss-reactive ketones (excluding diaryl/α,β-unsaturated/α-hetero) is 1. The summed E-state index contributed by atoms with van der Waals surface area (Å²) in [5.74, 6) is -0.921. The van der Waals surface area contributed by atoms with E-state index < -0.39 is 5.78 Å². The van der Waals surface area contributed by atoms with Gasteiger partial charge in [0, 0.05) is 28.3 Å². The number of hydrogen-bond donors (Lipinski definition) is 0. The molecular weight excluding hydrogens is 342 g/mol. The van der Waals surface area contributed by atoms with Gasteiger partial charge in [-0.3, -0.25) is 14.4 Å². The normalized spacial score (nSPS) is 14.9. The lowest BCUT2D eigenvalue weighted by atomic mass is 9.83. The Hall–Kier alpha value is -3.86. The highest BCUT2D eigenvalue weighted by atomic mass is 16.5. The van der Waals surface area contributed by atoms with Crippen LogP contribution in [-0.2, 0) is 0 Å². The predicted octanol–water partition coefficient (Wildman–Crippen LogP) is 3.29. The molecule has 0 unspecified atom stereocenters. The number of rotatable bonds is 1. The van der Waals surface area contributed by atoms with Crippen molar-refractivity contribution in [2.24, 2.45) is 0 Å². The summed E-state index contributed by atoms with van der Waals surface area (Å²) >= 11 is 0. The molecule has 0 N–H and O–H groups in total. The number of hydrogen-bond acceptors (Lipinski definition) is 4. The van der Waals surface area contributed by atoms with E-state index in [4.69, 9.17) is 0 Å². The third-order valence-corrected chi connectivity index (χ3v) is 4.98. The van der Waals surface area contributed by atoms with Gasteiger partial charge in [0.25, 0.3) is 11.5 Å². The summed E-state index contributed by atoms with van der Waals surface area (Å²) in [5, 5.41) is 12.6. The first-order chi connectivity index (χ1) is 13.1. The van der Waals surface area contributed by atoms with Crippen LogP contribution in [0.15, 0.2) is 66.7 Å². The van der Waals surface area contributed by atoms with Crippen molar-refractivity contribution in [3.8, 4) is 0 Å². The van der Waals surface area contributed by atoms with E-state index in [0.29, 0.717) is 27.0 Å². The Kier molecular flexibility index (Phi) is 3.03. The second-order valence-corrected chi connectivity index (χ2v) is 6.45. The summed E-state index contributed by atoms with van der Waals surface area (Å²) in [5.41, 5.74) is 2.08. The molecule has 128 valence electrons. The first-order valence-electron chi connectivity index (χ1n) is 8.38. The standard InChI is InChI=1S/C22H11NO4/c24-20-13-5-1-2-6-14(13)21(25)17-11-12(9-10-15(17)20)19-22(26)16-7-3-4-8-18(16)23(19)27/h1-11H. The molecule has 5 rings (SSSR count). The summed E-state index contributed by atoms with van der Waals surface area (Å²) in [6.07, 6.45) is 0. The van der Waals surface area contributed by atoms with E-state index in [2.05, 4.69) is 0 Å². The molecule has 5 nitrogen and oxygen atoms in total. The van der Waals surface area contributed by atoms with Crippen molar-refractivity contribution >= 4 is 28.7 Å². The van der Waals surface area contributed by atoms with Gasteiger partial charge in [0.2, 0.25) is 5.69 Å². The largest absolute Gasteiger partial charge is 0.618 e. The summed E-state index contributed by atoms with van der Waals surface area (Å²) in [7, 11) is 0. The van der Waals surface area contributed by atoms with Gasteiger partial charge in [-0.05, 0) is 24.3 Å².